The number of hydrogen-bond donors (Lipinski definition) is 0. The van der Waals surface area contributed by atoms with Gasteiger partial charge in [-0.25, -0.2) is 8.42 Å². The molecular formula is C14H10ClNO3S. The first-order valence-corrected chi connectivity index (χ1v) is 7.85. The summed E-state index contributed by atoms with van der Waals surface area (Å²) in [5.74, 6) is 0.958. The standard InChI is InChI=1S/C14H10ClNO3S/c1-20(17,18)13-6-4-11(5-7-13)19-12-3-2-10(9-16)14(15)8-12/h2-8H,1H3. The Morgan fingerprint density at radius 2 is 1.70 bits per heavy atom. The van der Waals surface area contributed by atoms with Crippen molar-refractivity contribution in [3.8, 4) is 17.6 Å². The van der Waals surface area contributed by atoms with Crippen LogP contribution in [0.15, 0.2) is 47.4 Å². The minimum Gasteiger partial charge on any atom is -0.457 e. The van der Waals surface area contributed by atoms with Crippen molar-refractivity contribution in [1.82, 2.24) is 0 Å². The number of halogens is 1. The second-order valence-corrected chi connectivity index (χ2v) is 6.52. The molecule has 0 radical (unpaired) electrons. The molecule has 0 aliphatic rings. The lowest BCUT2D eigenvalue weighted by Gasteiger charge is -2.07. The van der Waals surface area contributed by atoms with Crippen LogP contribution in [0.4, 0.5) is 0 Å². The average molecular weight is 308 g/mol. The van der Waals surface area contributed by atoms with Gasteiger partial charge in [-0.3, -0.25) is 0 Å². The van der Waals surface area contributed by atoms with E-state index in [0.717, 1.165) is 6.26 Å². The van der Waals surface area contributed by atoms with Crippen molar-refractivity contribution in [2.45, 2.75) is 4.90 Å². The van der Waals surface area contributed by atoms with Gasteiger partial charge in [0, 0.05) is 12.3 Å². The Morgan fingerprint density at radius 1 is 1.10 bits per heavy atom. The molecule has 0 bridgehead atoms. The fourth-order valence-electron chi connectivity index (χ4n) is 1.54. The largest absolute Gasteiger partial charge is 0.457 e. The van der Waals surface area contributed by atoms with Gasteiger partial charge in [0.2, 0.25) is 0 Å². The lowest BCUT2D eigenvalue weighted by Crippen LogP contribution is -1.96. The van der Waals surface area contributed by atoms with Crippen LogP contribution in [-0.4, -0.2) is 14.7 Å². The first-order chi connectivity index (χ1) is 9.40. The van der Waals surface area contributed by atoms with Gasteiger partial charge >= 0.3 is 0 Å². The molecule has 20 heavy (non-hydrogen) atoms. The molecule has 0 aliphatic carbocycles. The number of nitriles is 1. The van der Waals surface area contributed by atoms with E-state index in [9.17, 15) is 8.42 Å². The summed E-state index contributed by atoms with van der Waals surface area (Å²) in [5, 5.41) is 9.08. The van der Waals surface area contributed by atoms with Crippen molar-refractivity contribution in [2.24, 2.45) is 0 Å². The minimum absolute atomic E-state index is 0.225. The molecule has 2 aromatic rings. The quantitative estimate of drug-likeness (QED) is 0.871. The predicted octanol–water partition coefficient (Wildman–Crippen LogP) is 3.41. The fourth-order valence-corrected chi connectivity index (χ4v) is 2.38. The maximum atomic E-state index is 11.3. The molecule has 6 heteroatoms. The van der Waals surface area contributed by atoms with Gasteiger partial charge in [-0.1, -0.05) is 11.6 Å². The Balaban J connectivity index is 2.23. The van der Waals surface area contributed by atoms with Crippen molar-refractivity contribution in [2.75, 3.05) is 6.26 Å². The van der Waals surface area contributed by atoms with Crippen LogP contribution in [0, 0.1) is 11.3 Å². The van der Waals surface area contributed by atoms with Gasteiger partial charge in [0.1, 0.15) is 17.6 Å². The van der Waals surface area contributed by atoms with E-state index in [1.54, 1.807) is 24.3 Å². The van der Waals surface area contributed by atoms with E-state index in [1.165, 1.54) is 18.2 Å². The number of nitrogens with zero attached hydrogens (tertiary/aromatic N) is 1. The number of ether oxygens (including phenoxy) is 1. The summed E-state index contributed by atoms with van der Waals surface area (Å²) in [7, 11) is -3.22. The molecule has 0 heterocycles. The second kappa shape index (κ2) is 5.53. The zero-order chi connectivity index (χ0) is 14.8. The SMILES string of the molecule is CS(=O)(=O)c1ccc(Oc2ccc(C#N)c(Cl)c2)cc1. The van der Waals surface area contributed by atoms with Gasteiger partial charge in [-0.05, 0) is 36.4 Å². The highest BCUT2D eigenvalue weighted by Gasteiger charge is 2.07. The summed E-state index contributed by atoms with van der Waals surface area (Å²) in [4.78, 5) is 0.225. The lowest BCUT2D eigenvalue weighted by molar-refractivity contribution is 0.482. The monoisotopic (exact) mass is 307 g/mol. The summed E-state index contributed by atoms with van der Waals surface area (Å²) in [6.45, 7) is 0. The van der Waals surface area contributed by atoms with Crippen LogP contribution >= 0.6 is 11.6 Å². The van der Waals surface area contributed by atoms with Crippen molar-refractivity contribution < 1.29 is 13.2 Å². The highest BCUT2D eigenvalue weighted by Crippen LogP contribution is 2.27. The van der Waals surface area contributed by atoms with E-state index in [1.807, 2.05) is 6.07 Å². The van der Waals surface area contributed by atoms with Crippen LogP contribution in [-0.2, 0) is 9.84 Å². The average Bonchev–Trinajstić information content (AvgIpc) is 2.38. The molecule has 2 rings (SSSR count). The zero-order valence-electron chi connectivity index (χ0n) is 10.5. The molecule has 0 spiro atoms. The third-order valence-corrected chi connectivity index (χ3v) is 3.99. The molecule has 0 saturated carbocycles. The first kappa shape index (κ1) is 14.4. The van der Waals surface area contributed by atoms with Gasteiger partial charge < -0.3 is 4.74 Å². The smallest absolute Gasteiger partial charge is 0.175 e. The summed E-state index contributed by atoms with van der Waals surface area (Å²) >= 11 is 5.90. The van der Waals surface area contributed by atoms with Crippen molar-refractivity contribution in [3.05, 3.63) is 53.1 Å². The Bertz CT molecular complexity index is 777. The molecule has 4 nitrogen and oxygen atoms in total. The van der Waals surface area contributed by atoms with Gasteiger partial charge in [0.05, 0.1) is 15.5 Å². The third kappa shape index (κ3) is 3.29. The molecular weight excluding hydrogens is 298 g/mol. The molecule has 2 aromatic carbocycles. The highest BCUT2D eigenvalue weighted by atomic mass is 35.5. The lowest BCUT2D eigenvalue weighted by atomic mass is 10.2. The van der Waals surface area contributed by atoms with Gasteiger partial charge in [-0.15, -0.1) is 0 Å². The van der Waals surface area contributed by atoms with E-state index in [4.69, 9.17) is 21.6 Å². The van der Waals surface area contributed by atoms with Crippen molar-refractivity contribution in [3.63, 3.8) is 0 Å². The summed E-state index contributed by atoms with van der Waals surface area (Å²) < 4.78 is 28.2. The first-order valence-electron chi connectivity index (χ1n) is 5.58. The summed E-state index contributed by atoms with van der Waals surface area (Å²) in [6, 6.07) is 12.7. The molecule has 0 saturated heterocycles. The van der Waals surface area contributed by atoms with E-state index in [2.05, 4.69) is 0 Å². The molecule has 0 N–H and O–H groups in total. The zero-order valence-corrected chi connectivity index (χ0v) is 12.1. The van der Waals surface area contributed by atoms with Gasteiger partial charge in [-0.2, -0.15) is 5.26 Å². The number of sulfone groups is 1. The van der Waals surface area contributed by atoms with E-state index >= 15 is 0 Å². The Morgan fingerprint density at radius 3 is 2.20 bits per heavy atom. The van der Waals surface area contributed by atoms with Crippen molar-refractivity contribution >= 4 is 21.4 Å². The van der Waals surface area contributed by atoms with E-state index < -0.39 is 9.84 Å². The van der Waals surface area contributed by atoms with Crippen LogP contribution in [0.5, 0.6) is 11.5 Å². The molecule has 0 aliphatic heterocycles. The Labute approximate surface area is 122 Å². The minimum atomic E-state index is -3.22. The maximum absolute atomic E-state index is 11.3. The van der Waals surface area contributed by atoms with Crippen LogP contribution in [0.3, 0.4) is 0 Å². The van der Waals surface area contributed by atoms with Crippen molar-refractivity contribution in [1.29, 1.82) is 5.26 Å². The van der Waals surface area contributed by atoms with Crippen LogP contribution < -0.4 is 4.74 Å². The molecule has 0 amide bonds. The Kier molecular flexibility index (Phi) is 3.98. The molecule has 0 unspecified atom stereocenters. The van der Waals surface area contributed by atoms with E-state index in [-0.39, 0.29) is 4.90 Å². The molecule has 102 valence electrons. The summed E-state index contributed by atoms with van der Waals surface area (Å²) in [5.41, 5.74) is 0.367. The third-order valence-electron chi connectivity index (χ3n) is 2.55. The maximum Gasteiger partial charge on any atom is 0.175 e. The van der Waals surface area contributed by atoms with Crippen LogP contribution in [0.25, 0.3) is 0 Å². The number of benzene rings is 2. The van der Waals surface area contributed by atoms with Crippen LogP contribution in [0.1, 0.15) is 5.56 Å². The number of rotatable bonds is 3. The fraction of sp³-hybridized carbons (Fsp3) is 0.0714. The molecule has 0 fully saturated rings. The molecule has 0 aromatic heterocycles. The normalized spacial score (nSPS) is 10.8. The topological polar surface area (TPSA) is 67.2 Å². The van der Waals surface area contributed by atoms with E-state index in [0.29, 0.717) is 22.1 Å². The predicted molar refractivity (Wildman–Crippen MR) is 75.8 cm³/mol. The number of hydrogen-bond acceptors (Lipinski definition) is 4. The highest BCUT2D eigenvalue weighted by molar-refractivity contribution is 7.90. The molecule has 0 atom stereocenters. The van der Waals surface area contributed by atoms with Gasteiger partial charge in [0.15, 0.2) is 9.84 Å². The van der Waals surface area contributed by atoms with Crippen LogP contribution in [0.2, 0.25) is 5.02 Å². The second-order valence-electron chi connectivity index (χ2n) is 4.10. The summed E-state index contributed by atoms with van der Waals surface area (Å²) in [6.07, 6.45) is 1.14. The van der Waals surface area contributed by atoms with Gasteiger partial charge in [0.25, 0.3) is 0 Å². The Hall–Kier alpha value is -2.03.